The molecule has 1 N–H and O–H groups in total. The Hall–Kier alpha value is -1.09. The molecule has 0 saturated heterocycles. The molecule has 0 atom stereocenters. The molecular formula is C16H27N3. The van der Waals surface area contributed by atoms with Crippen LogP contribution in [-0.4, -0.2) is 23.6 Å². The zero-order valence-electron chi connectivity index (χ0n) is 12.7. The molecule has 0 aliphatic heterocycles. The van der Waals surface area contributed by atoms with Gasteiger partial charge in [0.1, 0.15) is 0 Å². The van der Waals surface area contributed by atoms with Crippen LogP contribution in [0.2, 0.25) is 0 Å². The highest BCUT2D eigenvalue weighted by molar-refractivity contribution is 5.53. The third-order valence-corrected chi connectivity index (χ3v) is 3.53. The summed E-state index contributed by atoms with van der Waals surface area (Å²) in [4.78, 5) is 6.79. The Morgan fingerprint density at radius 2 is 2.05 bits per heavy atom. The monoisotopic (exact) mass is 261 g/mol. The second-order valence-corrected chi connectivity index (χ2v) is 6.30. The van der Waals surface area contributed by atoms with Gasteiger partial charge in [-0.2, -0.15) is 0 Å². The Balaban J connectivity index is 2.14. The Labute approximate surface area is 117 Å². The van der Waals surface area contributed by atoms with E-state index in [1.165, 1.54) is 24.1 Å². The van der Waals surface area contributed by atoms with Crippen molar-refractivity contribution in [3.05, 3.63) is 24.0 Å². The largest absolute Gasteiger partial charge is 0.368 e. The molecule has 3 heteroatoms. The standard InChI is InChI=1S/C16H27N3/c1-12(2)11-19(13(3)4)16-7-8-17-9-14(16)10-18-15-5-6-15/h7-9,12-13,15,18H,5-6,10-11H2,1-4H3. The van der Waals surface area contributed by atoms with Gasteiger partial charge in [-0.3, -0.25) is 4.98 Å². The SMILES string of the molecule is CC(C)CN(c1ccncc1CNC1CC1)C(C)C. The van der Waals surface area contributed by atoms with Crippen molar-refractivity contribution in [3.63, 3.8) is 0 Å². The van der Waals surface area contributed by atoms with Crippen molar-refractivity contribution in [2.45, 2.75) is 59.2 Å². The molecule has 0 unspecified atom stereocenters. The third-order valence-electron chi connectivity index (χ3n) is 3.53. The van der Waals surface area contributed by atoms with Crippen LogP contribution in [0.15, 0.2) is 18.5 Å². The predicted octanol–water partition coefficient (Wildman–Crippen LogP) is 3.20. The average Bonchev–Trinajstić information content (AvgIpc) is 3.17. The number of nitrogens with one attached hydrogen (secondary N) is 1. The summed E-state index contributed by atoms with van der Waals surface area (Å²) in [5.41, 5.74) is 2.66. The van der Waals surface area contributed by atoms with Crippen LogP contribution in [-0.2, 0) is 6.54 Å². The van der Waals surface area contributed by atoms with Crippen molar-refractivity contribution in [2.75, 3.05) is 11.4 Å². The molecule has 1 aromatic rings. The Morgan fingerprint density at radius 1 is 1.32 bits per heavy atom. The summed E-state index contributed by atoms with van der Waals surface area (Å²) in [5.74, 6) is 0.666. The van der Waals surface area contributed by atoms with E-state index in [2.05, 4.69) is 49.0 Å². The number of hydrogen-bond acceptors (Lipinski definition) is 3. The highest BCUT2D eigenvalue weighted by Crippen LogP contribution is 2.25. The molecule has 1 saturated carbocycles. The maximum absolute atomic E-state index is 4.30. The van der Waals surface area contributed by atoms with Gasteiger partial charge in [0.2, 0.25) is 0 Å². The Bertz CT molecular complexity index is 397. The molecule has 1 fully saturated rings. The molecule has 3 nitrogen and oxygen atoms in total. The fourth-order valence-electron chi connectivity index (χ4n) is 2.36. The zero-order valence-corrected chi connectivity index (χ0v) is 12.7. The lowest BCUT2D eigenvalue weighted by Gasteiger charge is -2.32. The van der Waals surface area contributed by atoms with Gasteiger partial charge in [-0.15, -0.1) is 0 Å². The average molecular weight is 261 g/mol. The van der Waals surface area contributed by atoms with Crippen molar-refractivity contribution in [2.24, 2.45) is 5.92 Å². The molecule has 0 amide bonds. The van der Waals surface area contributed by atoms with Crippen LogP contribution >= 0.6 is 0 Å². The second kappa shape index (κ2) is 6.38. The van der Waals surface area contributed by atoms with Gasteiger partial charge in [0, 0.05) is 48.8 Å². The van der Waals surface area contributed by atoms with E-state index in [1.807, 2.05) is 12.4 Å². The third kappa shape index (κ3) is 4.20. The summed E-state index contributed by atoms with van der Waals surface area (Å²) in [5, 5.41) is 3.59. The van der Waals surface area contributed by atoms with Crippen LogP contribution in [0.5, 0.6) is 0 Å². The van der Waals surface area contributed by atoms with E-state index in [0.717, 1.165) is 19.1 Å². The van der Waals surface area contributed by atoms with Crippen molar-refractivity contribution >= 4 is 5.69 Å². The van der Waals surface area contributed by atoms with Gasteiger partial charge < -0.3 is 10.2 Å². The number of hydrogen-bond donors (Lipinski definition) is 1. The minimum absolute atomic E-state index is 0.518. The highest BCUT2D eigenvalue weighted by atomic mass is 15.2. The van der Waals surface area contributed by atoms with Crippen LogP contribution in [0.1, 0.15) is 46.1 Å². The van der Waals surface area contributed by atoms with E-state index in [9.17, 15) is 0 Å². The maximum Gasteiger partial charge on any atom is 0.0445 e. The first-order chi connectivity index (χ1) is 9.08. The lowest BCUT2D eigenvalue weighted by molar-refractivity contribution is 0.567. The molecule has 106 valence electrons. The van der Waals surface area contributed by atoms with E-state index < -0.39 is 0 Å². The number of aromatic nitrogens is 1. The van der Waals surface area contributed by atoms with Crippen LogP contribution in [0.25, 0.3) is 0 Å². The minimum atomic E-state index is 0.518. The van der Waals surface area contributed by atoms with Crippen molar-refractivity contribution < 1.29 is 0 Å². The van der Waals surface area contributed by atoms with E-state index in [-0.39, 0.29) is 0 Å². The number of anilines is 1. The fourth-order valence-corrected chi connectivity index (χ4v) is 2.36. The molecule has 19 heavy (non-hydrogen) atoms. The van der Waals surface area contributed by atoms with E-state index >= 15 is 0 Å². The number of pyridine rings is 1. The van der Waals surface area contributed by atoms with Crippen molar-refractivity contribution in [3.8, 4) is 0 Å². The lowest BCUT2D eigenvalue weighted by atomic mass is 10.1. The van der Waals surface area contributed by atoms with E-state index in [0.29, 0.717) is 12.0 Å². The normalized spacial score (nSPS) is 15.3. The van der Waals surface area contributed by atoms with Crippen molar-refractivity contribution in [1.82, 2.24) is 10.3 Å². The second-order valence-electron chi connectivity index (χ2n) is 6.30. The fraction of sp³-hybridized carbons (Fsp3) is 0.688. The minimum Gasteiger partial charge on any atom is -0.368 e. The molecule has 1 aliphatic rings. The van der Waals surface area contributed by atoms with Gasteiger partial charge >= 0.3 is 0 Å². The first-order valence-electron chi connectivity index (χ1n) is 7.51. The molecule has 2 rings (SSSR count). The summed E-state index contributed by atoms with van der Waals surface area (Å²) in [7, 11) is 0. The summed E-state index contributed by atoms with van der Waals surface area (Å²) in [6.45, 7) is 11.1. The van der Waals surface area contributed by atoms with E-state index in [4.69, 9.17) is 0 Å². The molecule has 0 radical (unpaired) electrons. The Kier molecular flexibility index (Phi) is 4.81. The molecule has 1 aromatic heterocycles. The molecule has 0 spiro atoms. The summed E-state index contributed by atoms with van der Waals surface area (Å²) in [6.07, 6.45) is 6.58. The lowest BCUT2D eigenvalue weighted by Crippen LogP contribution is -2.35. The number of rotatable bonds is 7. The number of nitrogens with zero attached hydrogens (tertiary/aromatic N) is 2. The molecule has 0 bridgehead atoms. The van der Waals surface area contributed by atoms with Crippen LogP contribution < -0.4 is 10.2 Å². The maximum atomic E-state index is 4.30. The van der Waals surface area contributed by atoms with Gasteiger partial charge in [0.05, 0.1) is 0 Å². The van der Waals surface area contributed by atoms with E-state index in [1.54, 1.807) is 0 Å². The van der Waals surface area contributed by atoms with Gasteiger partial charge in [0.25, 0.3) is 0 Å². The van der Waals surface area contributed by atoms with Gasteiger partial charge in [0.15, 0.2) is 0 Å². The van der Waals surface area contributed by atoms with Crippen molar-refractivity contribution in [1.29, 1.82) is 0 Å². The van der Waals surface area contributed by atoms with Crippen LogP contribution in [0, 0.1) is 5.92 Å². The quantitative estimate of drug-likeness (QED) is 0.817. The summed E-state index contributed by atoms with van der Waals surface area (Å²) < 4.78 is 0. The predicted molar refractivity (Wildman–Crippen MR) is 81.4 cm³/mol. The van der Waals surface area contributed by atoms with Crippen LogP contribution in [0.4, 0.5) is 5.69 Å². The molecule has 0 aromatic carbocycles. The van der Waals surface area contributed by atoms with Gasteiger partial charge in [-0.05, 0) is 38.7 Å². The first kappa shape index (κ1) is 14.3. The summed E-state index contributed by atoms with van der Waals surface area (Å²) >= 11 is 0. The topological polar surface area (TPSA) is 28.2 Å². The molecule has 1 heterocycles. The summed E-state index contributed by atoms with van der Waals surface area (Å²) in [6, 6.07) is 3.42. The Morgan fingerprint density at radius 3 is 2.63 bits per heavy atom. The smallest absolute Gasteiger partial charge is 0.0445 e. The highest BCUT2D eigenvalue weighted by Gasteiger charge is 2.21. The molecule has 1 aliphatic carbocycles. The zero-order chi connectivity index (χ0) is 13.8. The first-order valence-corrected chi connectivity index (χ1v) is 7.51. The van der Waals surface area contributed by atoms with Gasteiger partial charge in [-0.25, -0.2) is 0 Å². The van der Waals surface area contributed by atoms with Crippen LogP contribution in [0.3, 0.4) is 0 Å². The van der Waals surface area contributed by atoms with Gasteiger partial charge in [-0.1, -0.05) is 13.8 Å². The molecular weight excluding hydrogens is 234 g/mol.